The van der Waals surface area contributed by atoms with E-state index in [1.807, 2.05) is 0 Å². The Morgan fingerprint density at radius 1 is 1.21 bits per heavy atom. The van der Waals surface area contributed by atoms with E-state index >= 15 is 0 Å². The molecule has 1 saturated heterocycles. The molecule has 1 heterocycles. The quantitative estimate of drug-likeness (QED) is 0.800. The summed E-state index contributed by atoms with van der Waals surface area (Å²) < 4.78 is 1.13. The lowest BCUT2D eigenvalue weighted by molar-refractivity contribution is 0.303. The van der Waals surface area contributed by atoms with Gasteiger partial charge in [0, 0.05) is 24.1 Å². The number of hydrogen-bond acceptors (Lipinski definition) is 2. The van der Waals surface area contributed by atoms with E-state index in [0.717, 1.165) is 24.1 Å². The molecule has 1 fully saturated rings. The molecule has 1 aliphatic rings. The van der Waals surface area contributed by atoms with E-state index < -0.39 is 0 Å². The predicted octanol–water partition coefficient (Wildman–Crippen LogP) is 1.86. The van der Waals surface area contributed by atoms with E-state index in [0.29, 0.717) is 0 Å². The van der Waals surface area contributed by atoms with Crippen molar-refractivity contribution in [2.24, 2.45) is 0 Å². The van der Waals surface area contributed by atoms with E-state index in [2.05, 4.69) is 57.8 Å². The topological polar surface area (TPSA) is 24.1 Å². The van der Waals surface area contributed by atoms with Crippen LogP contribution in [0, 0.1) is 0 Å². The Bertz CT molecular complexity index is 302. The van der Waals surface area contributed by atoms with Crippen molar-refractivity contribution in [3.8, 4) is 0 Å². The Labute approximate surface area is 93.2 Å². The second kappa shape index (κ2) is 4.01. The number of benzene rings is 1. The largest absolute Gasteiger partial charge is 0.313 e. The first kappa shape index (κ1) is 10.1. The summed E-state index contributed by atoms with van der Waals surface area (Å²) in [6, 6.07) is 8.53. The van der Waals surface area contributed by atoms with Gasteiger partial charge in [-0.15, -0.1) is 0 Å². The molecule has 0 amide bonds. The van der Waals surface area contributed by atoms with Gasteiger partial charge in [-0.3, -0.25) is 0 Å². The molecule has 0 spiro atoms. The van der Waals surface area contributed by atoms with Crippen LogP contribution in [0.1, 0.15) is 12.5 Å². The predicted molar refractivity (Wildman–Crippen MR) is 62.4 cm³/mol. The van der Waals surface area contributed by atoms with Crippen LogP contribution in [0.4, 0.5) is 0 Å². The molecule has 0 bridgehead atoms. The second-order valence-electron chi connectivity index (χ2n) is 3.94. The van der Waals surface area contributed by atoms with Gasteiger partial charge in [0.1, 0.15) is 0 Å². The van der Waals surface area contributed by atoms with Gasteiger partial charge in [0.2, 0.25) is 0 Å². The molecule has 2 nitrogen and oxygen atoms in total. The molecule has 0 aromatic heterocycles. The Morgan fingerprint density at radius 2 is 1.93 bits per heavy atom. The van der Waals surface area contributed by atoms with Gasteiger partial charge in [0.05, 0.1) is 5.54 Å². The highest BCUT2D eigenvalue weighted by Crippen LogP contribution is 2.23. The van der Waals surface area contributed by atoms with Crippen LogP contribution in [-0.2, 0) is 5.54 Å². The molecule has 1 unspecified atom stereocenters. The molecule has 0 saturated carbocycles. The maximum Gasteiger partial charge on any atom is 0.0532 e. The van der Waals surface area contributed by atoms with Gasteiger partial charge in [0.15, 0.2) is 0 Å². The molecular formula is C11H15BrN2. The fourth-order valence-corrected chi connectivity index (χ4v) is 2.11. The van der Waals surface area contributed by atoms with Gasteiger partial charge in [-0.1, -0.05) is 28.1 Å². The summed E-state index contributed by atoms with van der Waals surface area (Å²) in [5.74, 6) is 0. The Morgan fingerprint density at radius 3 is 2.50 bits per heavy atom. The Hall–Kier alpha value is -0.380. The highest BCUT2D eigenvalue weighted by Gasteiger charge is 2.27. The zero-order valence-electron chi connectivity index (χ0n) is 8.31. The number of nitrogens with one attached hydrogen (secondary N) is 2. The first-order chi connectivity index (χ1) is 6.71. The summed E-state index contributed by atoms with van der Waals surface area (Å²) >= 11 is 3.45. The van der Waals surface area contributed by atoms with Crippen LogP contribution in [0.2, 0.25) is 0 Å². The van der Waals surface area contributed by atoms with Gasteiger partial charge in [-0.05, 0) is 24.6 Å². The van der Waals surface area contributed by atoms with Crippen molar-refractivity contribution in [3.63, 3.8) is 0 Å². The summed E-state index contributed by atoms with van der Waals surface area (Å²) in [7, 11) is 0. The summed E-state index contributed by atoms with van der Waals surface area (Å²) in [6.07, 6.45) is 0. The van der Waals surface area contributed by atoms with E-state index in [1.165, 1.54) is 5.56 Å². The molecule has 1 atom stereocenters. The summed E-state index contributed by atoms with van der Waals surface area (Å²) in [4.78, 5) is 0. The zero-order chi connectivity index (χ0) is 10.0. The van der Waals surface area contributed by atoms with Crippen LogP contribution >= 0.6 is 15.9 Å². The molecule has 0 aliphatic carbocycles. The molecule has 2 N–H and O–H groups in total. The molecule has 1 aliphatic heterocycles. The Kier molecular flexibility index (Phi) is 2.91. The lowest BCUT2D eigenvalue weighted by Gasteiger charge is -2.36. The fraction of sp³-hybridized carbons (Fsp3) is 0.455. The molecule has 1 aromatic carbocycles. The van der Waals surface area contributed by atoms with Crippen molar-refractivity contribution in [2.45, 2.75) is 12.5 Å². The van der Waals surface area contributed by atoms with E-state index in [4.69, 9.17) is 0 Å². The van der Waals surface area contributed by atoms with Crippen LogP contribution in [0.3, 0.4) is 0 Å². The molecule has 0 radical (unpaired) electrons. The van der Waals surface area contributed by atoms with Crippen LogP contribution in [0.5, 0.6) is 0 Å². The molecule has 1 aromatic rings. The van der Waals surface area contributed by atoms with E-state index in [1.54, 1.807) is 0 Å². The molecular weight excluding hydrogens is 240 g/mol. The SMILES string of the molecule is CC1(c2ccc(Br)cc2)CNCCN1. The minimum atomic E-state index is 0.0823. The van der Waals surface area contributed by atoms with Crippen molar-refractivity contribution in [3.05, 3.63) is 34.3 Å². The highest BCUT2D eigenvalue weighted by molar-refractivity contribution is 9.10. The van der Waals surface area contributed by atoms with Crippen molar-refractivity contribution in [2.75, 3.05) is 19.6 Å². The maximum absolute atomic E-state index is 3.55. The van der Waals surface area contributed by atoms with Gasteiger partial charge < -0.3 is 10.6 Å². The fourth-order valence-electron chi connectivity index (χ4n) is 1.85. The monoisotopic (exact) mass is 254 g/mol. The smallest absolute Gasteiger partial charge is 0.0532 e. The molecule has 2 rings (SSSR count). The molecule has 14 heavy (non-hydrogen) atoms. The van der Waals surface area contributed by atoms with Crippen LogP contribution in [0.25, 0.3) is 0 Å². The average molecular weight is 255 g/mol. The first-order valence-corrected chi connectivity index (χ1v) is 5.72. The van der Waals surface area contributed by atoms with Crippen molar-refractivity contribution in [1.82, 2.24) is 10.6 Å². The average Bonchev–Trinajstić information content (AvgIpc) is 2.19. The van der Waals surface area contributed by atoms with E-state index in [-0.39, 0.29) is 5.54 Å². The summed E-state index contributed by atoms with van der Waals surface area (Å²) in [5.41, 5.74) is 1.42. The van der Waals surface area contributed by atoms with Crippen LogP contribution < -0.4 is 10.6 Å². The minimum Gasteiger partial charge on any atom is -0.313 e. The van der Waals surface area contributed by atoms with Crippen LogP contribution in [-0.4, -0.2) is 19.6 Å². The van der Waals surface area contributed by atoms with Gasteiger partial charge in [-0.2, -0.15) is 0 Å². The zero-order valence-corrected chi connectivity index (χ0v) is 9.89. The minimum absolute atomic E-state index is 0.0823. The first-order valence-electron chi connectivity index (χ1n) is 4.92. The highest BCUT2D eigenvalue weighted by atomic mass is 79.9. The van der Waals surface area contributed by atoms with Crippen LogP contribution in [0.15, 0.2) is 28.7 Å². The number of halogens is 1. The molecule has 3 heteroatoms. The summed E-state index contributed by atoms with van der Waals surface area (Å²) in [5, 5.41) is 6.97. The summed E-state index contributed by atoms with van der Waals surface area (Å²) in [6.45, 7) is 5.33. The van der Waals surface area contributed by atoms with Crippen molar-refractivity contribution in [1.29, 1.82) is 0 Å². The van der Waals surface area contributed by atoms with Gasteiger partial charge in [-0.25, -0.2) is 0 Å². The van der Waals surface area contributed by atoms with Gasteiger partial charge >= 0.3 is 0 Å². The third kappa shape index (κ3) is 2.00. The van der Waals surface area contributed by atoms with E-state index in [9.17, 15) is 0 Å². The van der Waals surface area contributed by atoms with Crippen molar-refractivity contribution >= 4 is 15.9 Å². The third-order valence-electron chi connectivity index (χ3n) is 2.78. The number of rotatable bonds is 1. The lowest BCUT2D eigenvalue weighted by Crippen LogP contribution is -2.54. The standard InChI is InChI=1S/C11H15BrN2/c1-11(8-13-6-7-14-11)9-2-4-10(12)5-3-9/h2-5,13-14H,6-8H2,1H3. The second-order valence-corrected chi connectivity index (χ2v) is 4.86. The van der Waals surface area contributed by atoms with Crippen molar-refractivity contribution < 1.29 is 0 Å². The third-order valence-corrected chi connectivity index (χ3v) is 3.31. The number of piperazine rings is 1. The molecule has 76 valence electrons. The normalized spacial score (nSPS) is 27.6. The number of hydrogen-bond donors (Lipinski definition) is 2. The Balaban J connectivity index is 2.23. The lowest BCUT2D eigenvalue weighted by atomic mass is 9.90. The maximum atomic E-state index is 3.55. The van der Waals surface area contributed by atoms with Gasteiger partial charge in [0.25, 0.3) is 0 Å².